The number of rotatable bonds is 6. The Hall–Kier alpha value is -3.38. The van der Waals surface area contributed by atoms with E-state index in [1.807, 2.05) is 54.5 Å². The van der Waals surface area contributed by atoms with E-state index in [2.05, 4.69) is 16.4 Å². The van der Waals surface area contributed by atoms with E-state index in [9.17, 15) is 9.90 Å². The fraction of sp³-hybridized carbons (Fsp3) is 0.250. The molecule has 2 heterocycles. The quantitative estimate of drug-likeness (QED) is 0.659. The van der Waals surface area contributed by atoms with Crippen LogP contribution in [0.2, 0.25) is 0 Å². The van der Waals surface area contributed by atoms with Gasteiger partial charge in [-0.2, -0.15) is 0 Å². The first kappa shape index (κ1) is 19.9. The maximum Gasteiger partial charge on any atom is 0.234 e. The third kappa shape index (κ3) is 4.78. The number of aromatic hydroxyl groups is 1. The van der Waals surface area contributed by atoms with Crippen LogP contribution < -0.4 is 10.1 Å². The number of pyridine rings is 1. The molecular weight excluding hydrogens is 378 g/mol. The minimum Gasteiger partial charge on any atom is -0.508 e. The molecule has 3 aromatic rings. The van der Waals surface area contributed by atoms with E-state index in [0.29, 0.717) is 19.7 Å². The first-order valence-corrected chi connectivity index (χ1v) is 10.0. The smallest absolute Gasteiger partial charge is 0.234 e. The van der Waals surface area contributed by atoms with Crippen LogP contribution in [0.25, 0.3) is 11.1 Å². The molecule has 1 atom stereocenters. The molecule has 1 aliphatic rings. The summed E-state index contributed by atoms with van der Waals surface area (Å²) in [5.41, 5.74) is 4.08. The van der Waals surface area contributed by atoms with Gasteiger partial charge in [0.05, 0.1) is 19.2 Å². The molecule has 2 N–H and O–H groups in total. The SMILES string of the molecule is CN(CC(=O)NC1CCOc2ccc(-c3ccc(O)cc3)cc21)Cc1cccnc1. The van der Waals surface area contributed by atoms with E-state index >= 15 is 0 Å². The molecule has 4 rings (SSSR count). The molecule has 0 spiro atoms. The van der Waals surface area contributed by atoms with Crippen molar-refractivity contribution in [2.45, 2.75) is 19.0 Å². The predicted molar refractivity (Wildman–Crippen MR) is 115 cm³/mol. The van der Waals surface area contributed by atoms with Crippen LogP contribution in [-0.4, -0.2) is 41.1 Å². The van der Waals surface area contributed by atoms with E-state index in [0.717, 1.165) is 34.4 Å². The van der Waals surface area contributed by atoms with Crippen molar-refractivity contribution in [1.82, 2.24) is 15.2 Å². The molecule has 0 radical (unpaired) electrons. The Morgan fingerprint density at radius 3 is 2.77 bits per heavy atom. The van der Waals surface area contributed by atoms with Crippen LogP contribution in [0.4, 0.5) is 0 Å². The number of benzene rings is 2. The maximum atomic E-state index is 12.7. The Labute approximate surface area is 176 Å². The van der Waals surface area contributed by atoms with Crippen molar-refractivity contribution < 1.29 is 14.6 Å². The zero-order valence-electron chi connectivity index (χ0n) is 16.9. The highest BCUT2D eigenvalue weighted by atomic mass is 16.5. The van der Waals surface area contributed by atoms with Gasteiger partial charge >= 0.3 is 0 Å². The van der Waals surface area contributed by atoms with Gasteiger partial charge in [0.25, 0.3) is 0 Å². The normalized spacial score (nSPS) is 15.3. The second-order valence-corrected chi connectivity index (χ2v) is 7.59. The number of nitrogens with zero attached hydrogens (tertiary/aromatic N) is 2. The van der Waals surface area contributed by atoms with Crippen molar-refractivity contribution in [3.05, 3.63) is 78.1 Å². The topological polar surface area (TPSA) is 74.7 Å². The predicted octanol–water partition coefficient (Wildman–Crippen LogP) is 3.53. The van der Waals surface area contributed by atoms with Crippen molar-refractivity contribution >= 4 is 5.91 Å². The van der Waals surface area contributed by atoms with Gasteiger partial charge in [0.1, 0.15) is 11.5 Å². The highest BCUT2D eigenvalue weighted by molar-refractivity contribution is 5.79. The number of phenols is 1. The monoisotopic (exact) mass is 403 g/mol. The fourth-order valence-corrected chi connectivity index (χ4v) is 3.72. The highest BCUT2D eigenvalue weighted by Gasteiger charge is 2.24. The molecule has 0 bridgehead atoms. The Bertz CT molecular complexity index is 1010. The summed E-state index contributed by atoms with van der Waals surface area (Å²) >= 11 is 0. The lowest BCUT2D eigenvalue weighted by Crippen LogP contribution is -2.38. The van der Waals surface area contributed by atoms with Crippen molar-refractivity contribution in [2.75, 3.05) is 20.2 Å². The van der Waals surface area contributed by atoms with Crippen LogP contribution in [0.3, 0.4) is 0 Å². The largest absolute Gasteiger partial charge is 0.508 e. The number of hydrogen-bond acceptors (Lipinski definition) is 5. The standard InChI is InChI=1S/C24H25N3O3/c1-27(15-17-3-2-11-25-14-17)16-24(29)26-22-10-12-30-23-9-6-19(13-21(22)23)18-4-7-20(28)8-5-18/h2-9,11,13-14,22,28H,10,12,15-16H2,1H3,(H,26,29). The van der Waals surface area contributed by atoms with Gasteiger partial charge in [-0.1, -0.05) is 24.3 Å². The molecule has 6 heteroatoms. The van der Waals surface area contributed by atoms with Gasteiger partial charge in [-0.25, -0.2) is 0 Å². The first-order chi connectivity index (χ1) is 14.6. The molecule has 0 saturated carbocycles. The van der Waals surface area contributed by atoms with Crippen LogP contribution in [0.15, 0.2) is 67.0 Å². The first-order valence-electron chi connectivity index (χ1n) is 10.0. The van der Waals surface area contributed by atoms with Gasteiger partial charge in [-0.05, 0) is 54.1 Å². The number of nitrogens with one attached hydrogen (secondary N) is 1. The number of fused-ring (bicyclic) bond motifs is 1. The Morgan fingerprint density at radius 1 is 1.20 bits per heavy atom. The molecule has 1 amide bonds. The zero-order chi connectivity index (χ0) is 20.9. The molecule has 0 fully saturated rings. The average molecular weight is 403 g/mol. The summed E-state index contributed by atoms with van der Waals surface area (Å²) in [7, 11) is 1.92. The minimum absolute atomic E-state index is 0.0192. The number of ether oxygens (including phenoxy) is 1. The average Bonchev–Trinajstić information content (AvgIpc) is 2.75. The van der Waals surface area contributed by atoms with Gasteiger partial charge in [0, 0.05) is 30.9 Å². The van der Waals surface area contributed by atoms with E-state index in [-0.39, 0.29) is 17.7 Å². The van der Waals surface area contributed by atoms with Crippen LogP contribution in [0, 0.1) is 0 Å². The number of aromatic nitrogens is 1. The van der Waals surface area contributed by atoms with Gasteiger partial charge in [-0.15, -0.1) is 0 Å². The zero-order valence-corrected chi connectivity index (χ0v) is 16.9. The second kappa shape index (κ2) is 8.97. The summed E-state index contributed by atoms with van der Waals surface area (Å²) in [6.07, 6.45) is 4.28. The van der Waals surface area contributed by atoms with Crippen molar-refractivity contribution in [3.8, 4) is 22.6 Å². The van der Waals surface area contributed by atoms with E-state index in [1.54, 1.807) is 18.3 Å². The number of amides is 1. The van der Waals surface area contributed by atoms with Crippen molar-refractivity contribution in [1.29, 1.82) is 0 Å². The van der Waals surface area contributed by atoms with E-state index in [4.69, 9.17) is 4.74 Å². The summed E-state index contributed by atoms with van der Waals surface area (Å²) in [6, 6.07) is 16.9. The summed E-state index contributed by atoms with van der Waals surface area (Å²) in [4.78, 5) is 18.8. The number of carbonyl (C=O) groups excluding carboxylic acids is 1. The van der Waals surface area contributed by atoms with Crippen molar-refractivity contribution in [3.63, 3.8) is 0 Å². The molecule has 0 aliphatic carbocycles. The molecule has 6 nitrogen and oxygen atoms in total. The van der Waals surface area contributed by atoms with Gasteiger partial charge in [0.2, 0.25) is 5.91 Å². The lowest BCUT2D eigenvalue weighted by molar-refractivity contribution is -0.123. The lowest BCUT2D eigenvalue weighted by atomic mass is 9.95. The summed E-state index contributed by atoms with van der Waals surface area (Å²) in [5.74, 6) is 1.02. The van der Waals surface area contributed by atoms with Crippen molar-refractivity contribution in [2.24, 2.45) is 0 Å². The molecule has 0 saturated heterocycles. The van der Waals surface area contributed by atoms with Crippen LogP contribution in [0.5, 0.6) is 11.5 Å². The Kier molecular flexibility index (Phi) is 5.95. The van der Waals surface area contributed by atoms with E-state index < -0.39 is 0 Å². The molecular formula is C24H25N3O3. The number of hydrogen-bond donors (Lipinski definition) is 2. The maximum absolute atomic E-state index is 12.7. The lowest BCUT2D eigenvalue weighted by Gasteiger charge is -2.28. The number of likely N-dealkylation sites (N-methyl/N-ethyl adjacent to an activating group) is 1. The fourth-order valence-electron chi connectivity index (χ4n) is 3.72. The molecule has 1 unspecified atom stereocenters. The molecule has 2 aromatic carbocycles. The third-order valence-electron chi connectivity index (χ3n) is 5.17. The minimum atomic E-state index is -0.0925. The molecule has 1 aliphatic heterocycles. The molecule has 30 heavy (non-hydrogen) atoms. The van der Waals surface area contributed by atoms with E-state index in [1.165, 1.54) is 0 Å². The van der Waals surface area contributed by atoms with Gasteiger partial charge in [0.15, 0.2) is 0 Å². The number of phenolic OH excluding ortho intramolecular Hbond substituents is 1. The van der Waals surface area contributed by atoms with Crippen LogP contribution in [0.1, 0.15) is 23.6 Å². The van der Waals surface area contributed by atoms with Gasteiger partial charge in [-0.3, -0.25) is 14.7 Å². The summed E-state index contributed by atoms with van der Waals surface area (Å²) in [5, 5.41) is 12.7. The third-order valence-corrected chi connectivity index (χ3v) is 5.17. The van der Waals surface area contributed by atoms with Gasteiger partial charge < -0.3 is 15.2 Å². The summed E-state index contributed by atoms with van der Waals surface area (Å²) < 4.78 is 5.80. The Balaban J connectivity index is 1.45. The second-order valence-electron chi connectivity index (χ2n) is 7.59. The molecule has 154 valence electrons. The molecule has 1 aromatic heterocycles. The summed E-state index contributed by atoms with van der Waals surface area (Å²) in [6.45, 7) is 1.54. The highest BCUT2D eigenvalue weighted by Crippen LogP contribution is 2.35. The Morgan fingerprint density at radius 2 is 2.00 bits per heavy atom. The van der Waals surface area contributed by atoms with Crippen LogP contribution in [-0.2, 0) is 11.3 Å². The van der Waals surface area contributed by atoms with Crippen LogP contribution >= 0.6 is 0 Å². The number of carbonyl (C=O) groups is 1.